The van der Waals surface area contributed by atoms with Crippen molar-refractivity contribution in [3.05, 3.63) is 60.0 Å². The maximum atomic E-state index is 13.0. The number of hydrogen-bond donors (Lipinski definition) is 2. The van der Waals surface area contributed by atoms with Crippen LogP contribution >= 0.6 is 11.3 Å². The SMILES string of the molecule is CCOC(=O)c1c(C)nc2sc(-c3cn[nH]c3)cc2c1NS(=O)(=O)c1ccccc1. The van der Waals surface area contributed by atoms with Gasteiger partial charge in [-0.2, -0.15) is 5.10 Å². The van der Waals surface area contributed by atoms with E-state index in [9.17, 15) is 13.2 Å². The van der Waals surface area contributed by atoms with Gasteiger partial charge >= 0.3 is 5.97 Å². The van der Waals surface area contributed by atoms with Crippen molar-refractivity contribution in [2.75, 3.05) is 11.3 Å². The third-order valence-corrected chi connectivity index (χ3v) is 6.86. The van der Waals surface area contributed by atoms with E-state index in [0.29, 0.717) is 15.9 Å². The molecule has 3 aromatic heterocycles. The second-order valence-electron chi connectivity index (χ2n) is 6.40. The third kappa shape index (κ3) is 3.66. The topological polar surface area (TPSA) is 114 Å². The van der Waals surface area contributed by atoms with E-state index < -0.39 is 16.0 Å². The lowest BCUT2D eigenvalue weighted by Crippen LogP contribution is -2.18. The van der Waals surface area contributed by atoms with Crippen molar-refractivity contribution in [2.24, 2.45) is 0 Å². The number of thiophene rings is 1. The van der Waals surface area contributed by atoms with Crippen LogP contribution in [0.4, 0.5) is 5.69 Å². The quantitative estimate of drug-likeness (QED) is 0.437. The first-order valence-corrected chi connectivity index (χ1v) is 11.4. The summed E-state index contributed by atoms with van der Waals surface area (Å²) in [6, 6.07) is 9.77. The van der Waals surface area contributed by atoms with Gasteiger partial charge in [-0.25, -0.2) is 18.2 Å². The number of pyridine rings is 1. The molecule has 2 N–H and O–H groups in total. The van der Waals surface area contributed by atoms with Crippen molar-refractivity contribution < 1.29 is 17.9 Å². The zero-order valence-electron chi connectivity index (χ0n) is 16.2. The molecule has 0 aliphatic heterocycles. The fourth-order valence-corrected chi connectivity index (χ4v) is 5.23. The molecule has 0 saturated heterocycles. The Balaban J connectivity index is 1.93. The first-order valence-electron chi connectivity index (χ1n) is 9.09. The summed E-state index contributed by atoms with van der Waals surface area (Å²) in [5.74, 6) is -0.633. The Labute approximate surface area is 177 Å². The molecular weight excluding hydrogens is 424 g/mol. The molecule has 0 aliphatic rings. The molecule has 10 heteroatoms. The highest BCUT2D eigenvalue weighted by molar-refractivity contribution is 7.92. The minimum atomic E-state index is -3.94. The molecule has 154 valence electrons. The second kappa shape index (κ2) is 7.88. The van der Waals surface area contributed by atoms with Crippen molar-refractivity contribution >= 4 is 43.2 Å². The van der Waals surface area contributed by atoms with Crippen LogP contribution < -0.4 is 4.72 Å². The fraction of sp³-hybridized carbons (Fsp3) is 0.150. The summed E-state index contributed by atoms with van der Waals surface area (Å²) in [7, 11) is -3.94. The van der Waals surface area contributed by atoms with E-state index in [4.69, 9.17) is 4.74 Å². The van der Waals surface area contributed by atoms with Crippen molar-refractivity contribution in [2.45, 2.75) is 18.7 Å². The van der Waals surface area contributed by atoms with E-state index in [1.54, 1.807) is 50.5 Å². The lowest BCUT2D eigenvalue weighted by Gasteiger charge is -2.15. The fourth-order valence-electron chi connectivity index (χ4n) is 3.05. The molecule has 0 atom stereocenters. The Hall–Kier alpha value is -3.24. The van der Waals surface area contributed by atoms with Gasteiger partial charge in [0, 0.05) is 22.0 Å². The van der Waals surface area contributed by atoms with Gasteiger partial charge in [-0.15, -0.1) is 11.3 Å². The molecule has 0 spiro atoms. The number of aromatic amines is 1. The average molecular weight is 443 g/mol. The zero-order valence-corrected chi connectivity index (χ0v) is 17.8. The molecule has 0 amide bonds. The normalized spacial score (nSPS) is 11.5. The van der Waals surface area contributed by atoms with E-state index in [1.807, 2.05) is 0 Å². The van der Waals surface area contributed by atoms with Crippen LogP contribution in [0.5, 0.6) is 0 Å². The number of esters is 1. The molecule has 8 nitrogen and oxygen atoms in total. The van der Waals surface area contributed by atoms with Crippen LogP contribution in [0.2, 0.25) is 0 Å². The Morgan fingerprint density at radius 1 is 1.27 bits per heavy atom. The number of nitrogens with one attached hydrogen (secondary N) is 2. The Bertz CT molecular complexity index is 1310. The van der Waals surface area contributed by atoms with E-state index in [2.05, 4.69) is 19.9 Å². The van der Waals surface area contributed by atoms with Crippen LogP contribution in [-0.4, -0.2) is 36.2 Å². The number of carbonyl (C=O) groups excluding carboxylic acids is 1. The summed E-state index contributed by atoms with van der Waals surface area (Å²) in [6.45, 7) is 3.50. The Kier molecular flexibility index (Phi) is 5.27. The molecule has 0 aliphatic carbocycles. The predicted octanol–water partition coefficient (Wildman–Crippen LogP) is 3.97. The molecule has 30 heavy (non-hydrogen) atoms. The number of ether oxygens (including phenoxy) is 1. The van der Waals surface area contributed by atoms with Gasteiger partial charge in [-0.3, -0.25) is 9.82 Å². The van der Waals surface area contributed by atoms with Crippen LogP contribution in [-0.2, 0) is 14.8 Å². The molecule has 1 aromatic carbocycles. The number of nitrogens with zero attached hydrogens (tertiary/aromatic N) is 2. The number of hydrogen-bond acceptors (Lipinski definition) is 7. The van der Waals surface area contributed by atoms with Crippen LogP contribution in [0.15, 0.2) is 53.7 Å². The third-order valence-electron chi connectivity index (χ3n) is 4.42. The number of anilines is 1. The van der Waals surface area contributed by atoms with Gasteiger partial charge < -0.3 is 4.74 Å². The molecular formula is C20H18N4O4S2. The molecule has 4 rings (SSSR count). The Morgan fingerprint density at radius 3 is 2.70 bits per heavy atom. The lowest BCUT2D eigenvalue weighted by atomic mass is 10.1. The van der Waals surface area contributed by atoms with E-state index in [-0.39, 0.29) is 22.8 Å². The van der Waals surface area contributed by atoms with Crippen molar-refractivity contribution in [3.63, 3.8) is 0 Å². The van der Waals surface area contributed by atoms with Gasteiger partial charge in [0.15, 0.2) is 0 Å². The van der Waals surface area contributed by atoms with Crippen molar-refractivity contribution in [1.82, 2.24) is 15.2 Å². The van der Waals surface area contributed by atoms with Crippen LogP contribution in [0.1, 0.15) is 23.0 Å². The zero-order chi connectivity index (χ0) is 21.3. The molecule has 0 saturated carbocycles. The van der Waals surface area contributed by atoms with Gasteiger partial charge in [0.05, 0.1) is 29.1 Å². The number of H-pyrrole nitrogens is 1. The first-order chi connectivity index (χ1) is 14.4. The maximum absolute atomic E-state index is 13.0. The molecule has 0 fully saturated rings. The number of carbonyl (C=O) groups is 1. The van der Waals surface area contributed by atoms with E-state index in [0.717, 1.165) is 10.4 Å². The standard InChI is InChI=1S/C20H18N4O4S2/c1-3-28-20(25)17-12(2)23-19-15(9-16(29-19)13-10-21-22-11-13)18(17)24-30(26,27)14-7-5-4-6-8-14/h4-11H,3H2,1-2H3,(H,21,22)(H,23,24). The van der Waals surface area contributed by atoms with E-state index in [1.165, 1.54) is 23.5 Å². The van der Waals surface area contributed by atoms with Gasteiger partial charge in [-0.05, 0) is 32.0 Å². The lowest BCUT2D eigenvalue weighted by molar-refractivity contribution is 0.0526. The highest BCUT2D eigenvalue weighted by atomic mass is 32.2. The summed E-state index contributed by atoms with van der Waals surface area (Å²) >= 11 is 1.38. The number of sulfonamides is 1. The highest BCUT2D eigenvalue weighted by Crippen LogP contribution is 2.39. The molecule has 0 unspecified atom stereocenters. The van der Waals surface area contributed by atoms with Gasteiger partial charge in [0.2, 0.25) is 0 Å². The smallest absolute Gasteiger partial charge is 0.342 e. The maximum Gasteiger partial charge on any atom is 0.342 e. The summed E-state index contributed by atoms with van der Waals surface area (Å²) < 4.78 is 33.8. The number of aromatic nitrogens is 3. The van der Waals surface area contributed by atoms with Crippen LogP contribution in [0, 0.1) is 6.92 Å². The largest absolute Gasteiger partial charge is 0.462 e. The first kappa shape index (κ1) is 20.0. The summed E-state index contributed by atoms with van der Waals surface area (Å²) in [5, 5.41) is 7.23. The minimum Gasteiger partial charge on any atom is -0.462 e. The van der Waals surface area contributed by atoms with Gasteiger partial charge in [-0.1, -0.05) is 18.2 Å². The van der Waals surface area contributed by atoms with Gasteiger partial charge in [0.25, 0.3) is 10.0 Å². The number of benzene rings is 1. The monoisotopic (exact) mass is 442 g/mol. The number of fused-ring (bicyclic) bond motifs is 1. The number of rotatable bonds is 6. The van der Waals surface area contributed by atoms with Crippen molar-refractivity contribution in [3.8, 4) is 10.4 Å². The second-order valence-corrected chi connectivity index (χ2v) is 9.12. The van der Waals surface area contributed by atoms with Crippen LogP contribution in [0.25, 0.3) is 20.7 Å². The van der Waals surface area contributed by atoms with Crippen LogP contribution in [0.3, 0.4) is 0 Å². The average Bonchev–Trinajstić information content (AvgIpc) is 3.38. The van der Waals surface area contributed by atoms with Crippen molar-refractivity contribution in [1.29, 1.82) is 0 Å². The molecule has 0 bridgehead atoms. The van der Waals surface area contributed by atoms with E-state index >= 15 is 0 Å². The minimum absolute atomic E-state index is 0.0905. The Morgan fingerprint density at radius 2 is 2.03 bits per heavy atom. The molecule has 0 radical (unpaired) electrons. The summed E-state index contributed by atoms with van der Waals surface area (Å²) in [5.41, 5.74) is 1.48. The molecule has 3 heterocycles. The predicted molar refractivity (Wildman–Crippen MR) is 115 cm³/mol. The molecule has 4 aromatic rings. The summed E-state index contributed by atoms with van der Waals surface area (Å²) in [6.07, 6.45) is 3.40. The van der Waals surface area contributed by atoms with Gasteiger partial charge in [0.1, 0.15) is 10.4 Å². The highest BCUT2D eigenvalue weighted by Gasteiger charge is 2.26. The number of aryl methyl sites for hydroxylation is 1. The summed E-state index contributed by atoms with van der Waals surface area (Å²) in [4.78, 5) is 18.7.